The Labute approximate surface area is 82.6 Å². The first-order valence-electron chi connectivity index (χ1n) is 4.71. The summed E-state index contributed by atoms with van der Waals surface area (Å²) in [6.07, 6.45) is 6.24. The topological polar surface area (TPSA) is 56.0 Å². The second-order valence-electron chi connectivity index (χ2n) is 3.44. The third-order valence-corrected chi connectivity index (χ3v) is 2.40. The number of fused-ring (bicyclic) bond motifs is 1. The zero-order chi connectivity index (χ0) is 9.97. The largest absolute Gasteiger partial charge is 0.366 e. The van der Waals surface area contributed by atoms with Gasteiger partial charge in [-0.3, -0.25) is 9.78 Å². The van der Waals surface area contributed by atoms with Crippen LogP contribution in [0.2, 0.25) is 0 Å². The Bertz CT molecular complexity index is 396. The lowest BCUT2D eigenvalue weighted by Gasteiger charge is -2.16. The molecule has 14 heavy (non-hydrogen) atoms. The zero-order valence-corrected chi connectivity index (χ0v) is 7.86. The molecular formula is C11H12N2O. The maximum Gasteiger partial charge on any atom is 0.241 e. The Hall–Kier alpha value is -1.64. The minimum atomic E-state index is -0.390. The molecule has 2 N–H and O–H groups in total. The Balaban J connectivity index is 2.45. The number of aryl methyl sites for hydroxylation is 1. The minimum absolute atomic E-state index is 0.390. The highest BCUT2D eigenvalue weighted by atomic mass is 16.1. The van der Waals surface area contributed by atoms with Gasteiger partial charge in [0.05, 0.1) is 5.69 Å². The van der Waals surface area contributed by atoms with Crippen LogP contribution in [0.4, 0.5) is 0 Å². The summed E-state index contributed by atoms with van der Waals surface area (Å²) < 4.78 is 0. The molecule has 1 aliphatic rings. The molecule has 0 bridgehead atoms. The molecule has 3 nitrogen and oxygen atoms in total. The summed E-state index contributed by atoms with van der Waals surface area (Å²) in [5.74, 6) is -0.390. The van der Waals surface area contributed by atoms with Crippen LogP contribution in [0.1, 0.15) is 24.1 Å². The molecule has 0 fully saturated rings. The smallest absolute Gasteiger partial charge is 0.241 e. The van der Waals surface area contributed by atoms with Crippen LogP contribution in [0.25, 0.3) is 5.57 Å². The number of pyridine rings is 1. The molecule has 0 aliphatic heterocycles. The van der Waals surface area contributed by atoms with Crippen LogP contribution in [-0.2, 0) is 11.2 Å². The fourth-order valence-electron chi connectivity index (χ4n) is 1.83. The predicted octanol–water partition coefficient (Wildman–Crippen LogP) is 1.29. The number of nitrogens with zero attached hydrogens (tertiary/aromatic N) is 1. The van der Waals surface area contributed by atoms with Gasteiger partial charge in [-0.25, -0.2) is 0 Å². The van der Waals surface area contributed by atoms with Gasteiger partial charge < -0.3 is 5.73 Å². The van der Waals surface area contributed by atoms with Crippen LogP contribution in [0.15, 0.2) is 24.4 Å². The average molecular weight is 188 g/mol. The summed E-state index contributed by atoms with van der Waals surface area (Å²) in [5, 5.41) is 0. The highest BCUT2D eigenvalue weighted by Gasteiger charge is 2.14. The van der Waals surface area contributed by atoms with Gasteiger partial charge in [0.2, 0.25) is 5.91 Å². The summed E-state index contributed by atoms with van der Waals surface area (Å²) in [6.45, 7) is 0. The third-order valence-electron chi connectivity index (χ3n) is 2.40. The average Bonchev–Trinajstić information content (AvgIpc) is 2.18. The molecule has 2 rings (SSSR count). The fraction of sp³-hybridized carbons (Fsp3) is 0.273. The summed E-state index contributed by atoms with van der Waals surface area (Å²) in [5.41, 5.74) is 8.27. The van der Waals surface area contributed by atoms with Gasteiger partial charge in [-0.2, -0.15) is 0 Å². The van der Waals surface area contributed by atoms with Gasteiger partial charge in [0.25, 0.3) is 0 Å². The fourth-order valence-corrected chi connectivity index (χ4v) is 1.83. The van der Waals surface area contributed by atoms with E-state index in [1.807, 2.05) is 6.07 Å². The van der Waals surface area contributed by atoms with E-state index in [1.54, 1.807) is 6.20 Å². The first kappa shape index (κ1) is 8.94. The number of allylic oxidation sites excluding steroid dienone is 1. The molecule has 3 heteroatoms. The van der Waals surface area contributed by atoms with Crippen molar-refractivity contribution in [2.75, 3.05) is 0 Å². The highest BCUT2D eigenvalue weighted by molar-refractivity contribution is 5.94. The molecule has 0 aromatic carbocycles. The molecule has 0 unspecified atom stereocenters. The Morgan fingerprint density at radius 3 is 3.14 bits per heavy atom. The van der Waals surface area contributed by atoms with Crippen LogP contribution < -0.4 is 5.73 Å². The van der Waals surface area contributed by atoms with Gasteiger partial charge in [0.1, 0.15) is 0 Å². The monoisotopic (exact) mass is 188 g/mol. The van der Waals surface area contributed by atoms with E-state index in [0.717, 1.165) is 30.5 Å². The highest BCUT2D eigenvalue weighted by Crippen LogP contribution is 2.28. The van der Waals surface area contributed by atoms with Crippen LogP contribution in [0, 0.1) is 0 Å². The SMILES string of the molecule is NC(=O)C=C1CCCc2cccnc21. The van der Waals surface area contributed by atoms with E-state index in [4.69, 9.17) is 5.73 Å². The number of hydrogen-bond donors (Lipinski definition) is 1. The summed E-state index contributed by atoms with van der Waals surface area (Å²) >= 11 is 0. The predicted molar refractivity (Wildman–Crippen MR) is 54.3 cm³/mol. The number of carbonyl (C=O) groups excluding carboxylic acids is 1. The van der Waals surface area contributed by atoms with E-state index >= 15 is 0 Å². The van der Waals surface area contributed by atoms with E-state index in [0.29, 0.717) is 0 Å². The number of aromatic nitrogens is 1. The zero-order valence-electron chi connectivity index (χ0n) is 7.86. The number of rotatable bonds is 1. The van der Waals surface area contributed by atoms with E-state index < -0.39 is 5.91 Å². The lowest BCUT2D eigenvalue weighted by molar-refractivity contribution is -0.113. The quantitative estimate of drug-likeness (QED) is 0.675. The van der Waals surface area contributed by atoms with Gasteiger partial charge in [0.15, 0.2) is 0 Å². The number of primary amides is 1. The molecule has 0 spiro atoms. The van der Waals surface area contributed by atoms with Crippen LogP contribution in [-0.4, -0.2) is 10.9 Å². The lowest BCUT2D eigenvalue weighted by atomic mass is 9.91. The van der Waals surface area contributed by atoms with Crippen molar-refractivity contribution in [3.63, 3.8) is 0 Å². The van der Waals surface area contributed by atoms with Crippen molar-refractivity contribution in [2.45, 2.75) is 19.3 Å². The van der Waals surface area contributed by atoms with E-state index in [-0.39, 0.29) is 0 Å². The number of hydrogen-bond acceptors (Lipinski definition) is 2. The molecule has 1 amide bonds. The van der Waals surface area contributed by atoms with Gasteiger partial charge in [-0.15, -0.1) is 0 Å². The van der Waals surface area contributed by atoms with E-state index in [1.165, 1.54) is 11.6 Å². The van der Waals surface area contributed by atoms with Crippen LogP contribution >= 0.6 is 0 Å². The summed E-state index contributed by atoms with van der Waals surface area (Å²) in [4.78, 5) is 15.1. The maximum atomic E-state index is 10.8. The molecule has 0 atom stereocenters. The van der Waals surface area contributed by atoms with Crippen LogP contribution in [0.3, 0.4) is 0 Å². The van der Waals surface area contributed by atoms with Gasteiger partial charge >= 0.3 is 0 Å². The lowest BCUT2D eigenvalue weighted by Crippen LogP contribution is -2.10. The molecule has 1 aromatic rings. The minimum Gasteiger partial charge on any atom is -0.366 e. The second kappa shape index (κ2) is 3.62. The van der Waals surface area contributed by atoms with Gasteiger partial charge in [-0.05, 0) is 36.5 Å². The molecule has 0 saturated carbocycles. The number of carbonyl (C=O) groups is 1. The van der Waals surface area contributed by atoms with E-state index in [9.17, 15) is 4.79 Å². The number of nitrogens with two attached hydrogens (primary N) is 1. The molecule has 1 aromatic heterocycles. The van der Waals surface area contributed by atoms with Crippen molar-refractivity contribution >= 4 is 11.5 Å². The van der Waals surface area contributed by atoms with E-state index in [2.05, 4.69) is 11.1 Å². The molecule has 0 radical (unpaired) electrons. The standard InChI is InChI=1S/C11H12N2O/c12-10(14)7-9-4-1-3-8-5-2-6-13-11(8)9/h2,5-7H,1,3-4H2,(H2,12,14). The summed E-state index contributed by atoms with van der Waals surface area (Å²) in [7, 11) is 0. The van der Waals surface area contributed by atoms with Crippen LogP contribution in [0.5, 0.6) is 0 Å². The number of amides is 1. The Morgan fingerprint density at radius 2 is 2.36 bits per heavy atom. The van der Waals surface area contributed by atoms with Crippen molar-refractivity contribution in [3.8, 4) is 0 Å². The van der Waals surface area contributed by atoms with Gasteiger partial charge in [0, 0.05) is 12.3 Å². The molecular weight excluding hydrogens is 176 g/mol. The Morgan fingerprint density at radius 1 is 1.50 bits per heavy atom. The Kier molecular flexibility index (Phi) is 2.31. The van der Waals surface area contributed by atoms with Crippen molar-refractivity contribution in [3.05, 3.63) is 35.7 Å². The molecule has 72 valence electrons. The molecule has 0 saturated heterocycles. The first-order chi connectivity index (χ1) is 6.77. The molecule has 1 heterocycles. The van der Waals surface area contributed by atoms with Crippen molar-refractivity contribution in [1.82, 2.24) is 4.98 Å². The van der Waals surface area contributed by atoms with Crippen molar-refractivity contribution in [2.24, 2.45) is 5.73 Å². The van der Waals surface area contributed by atoms with Crippen molar-refractivity contribution in [1.29, 1.82) is 0 Å². The second-order valence-corrected chi connectivity index (χ2v) is 3.44. The first-order valence-corrected chi connectivity index (χ1v) is 4.71. The maximum absolute atomic E-state index is 10.8. The van der Waals surface area contributed by atoms with Crippen molar-refractivity contribution < 1.29 is 4.79 Å². The normalized spacial score (nSPS) is 17.9. The summed E-state index contributed by atoms with van der Waals surface area (Å²) in [6, 6.07) is 3.97. The molecule has 1 aliphatic carbocycles. The van der Waals surface area contributed by atoms with Gasteiger partial charge in [-0.1, -0.05) is 6.07 Å². The third kappa shape index (κ3) is 1.66.